The predicted octanol–water partition coefficient (Wildman–Crippen LogP) is 0.920. The van der Waals surface area contributed by atoms with Crippen LogP contribution in [0.4, 0.5) is 20.7 Å². The molecule has 4 heterocycles. The molecule has 2 aromatic heterocycles. The molecular formula is C24H25FN7O6-. The first-order chi connectivity index (χ1) is 18.2. The molecule has 1 fully saturated rings. The van der Waals surface area contributed by atoms with Crippen LogP contribution in [0.25, 0.3) is 11.1 Å². The lowest BCUT2D eigenvalue weighted by molar-refractivity contribution is -0.274. The lowest BCUT2D eigenvalue weighted by atomic mass is 10.1. The van der Waals surface area contributed by atoms with E-state index in [1.165, 1.54) is 30.3 Å². The number of nitrogens with zero attached hydrogens (tertiary/aromatic N) is 6. The van der Waals surface area contributed by atoms with Crippen LogP contribution in [0.2, 0.25) is 0 Å². The number of benzene rings is 1. The van der Waals surface area contributed by atoms with E-state index in [9.17, 15) is 14.7 Å². The molecule has 2 aliphatic rings. The summed E-state index contributed by atoms with van der Waals surface area (Å²) in [6.07, 6.45) is 1.19. The zero-order valence-electron chi connectivity index (χ0n) is 20.9. The van der Waals surface area contributed by atoms with Crippen molar-refractivity contribution in [2.45, 2.75) is 25.7 Å². The molecule has 5 rings (SSSR count). The maximum atomic E-state index is 15.3. The summed E-state index contributed by atoms with van der Waals surface area (Å²) in [6, 6.07) is 4.70. The second-order valence-corrected chi connectivity index (χ2v) is 9.07. The molecule has 2 atom stereocenters. The second-order valence-electron chi connectivity index (χ2n) is 9.07. The van der Waals surface area contributed by atoms with E-state index in [1.54, 1.807) is 35.7 Å². The number of aromatic nitrogens is 4. The fraction of sp³-hybridized carbons (Fsp3) is 0.375. The van der Waals surface area contributed by atoms with Gasteiger partial charge in [-0.3, -0.25) is 14.3 Å². The van der Waals surface area contributed by atoms with Gasteiger partial charge in [0.2, 0.25) is 5.91 Å². The summed E-state index contributed by atoms with van der Waals surface area (Å²) in [7, 11) is 3.52. The topological polar surface area (TPSA) is 147 Å². The van der Waals surface area contributed by atoms with E-state index < -0.39 is 30.0 Å². The Morgan fingerprint density at radius 2 is 2.11 bits per heavy atom. The highest BCUT2D eigenvalue weighted by Crippen LogP contribution is 2.34. The van der Waals surface area contributed by atoms with E-state index >= 15 is 4.39 Å². The van der Waals surface area contributed by atoms with Crippen LogP contribution in [-0.4, -0.2) is 77.5 Å². The number of hydrogen-bond acceptors (Lipinski definition) is 10. The van der Waals surface area contributed by atoms with Crippen molar-refractivity contribution in [2.24, 2.45) is 0 Å². The fourth-order valence-electron chi connectivity index (χ4n) is 4.21. The highest BCUT2D eigenvalue weighted by molar-refractivity contribution is 5.90. The summed E-state index contributed by atoms with van der Waals surface area (Å²) >= 11 is 0. The number of cyclic esters (lactones) is 1. The number of ether oxygens (including phenoxy) is 3. The lowest BCUT2D eigenvalue weighted by Gasteiger charge is -2.25. The standard InChI is InChI=1S/C24H26FN7O6/c1-13(33)26-7-15-10-32(24(35)38-15)14-4-5-17(19(25)6-14)18-8-27-22(29-21(18)30(2)3)37-16-9-31-11-20(34)28-23(31)36-12-16/h4-6,8,11,15-16,34H,7,9-10,12H2,1-3H3,(H,26,33)/p-1/t15-,16-/m0/s1. The van der Waals surface area contributed by atoms with Gasteiger partial charge in [-0.1, -0.05) is 0 Å². The van der Waals surface area contributed by atoms with Crippen molar-refractivity contribution in [1.82, 2.24) is 24.8 Å². The largest absolute Gasteiger partial charge is 0.857 e. The minimum Gasteiger partial charge on any atom is -0.857 e. The highest BCUT2D eigenvalue weighted by Gasteiger charge is 2.33. The Morgan fingerprint density at radius 3 is 2.84 bits per heavy atom. The van der Waals surface area contributed by atoms with Gasteiger partial charge in [0.25, 0.3) is 6.01 Å². The number of hydrogen-bond donors (Lipinski definition) is 1. The van der Waals surface area contributed by atoms with E-state index in [1.807, 2.05) is 0 Å². The maximum Gasteiger partial charge on any atom is 0.414 e. The summed E-state index contributed by atoms with van der Waals surface area (Å²) in [5.41, 5.74) is 0.983. The molecule has 13 nitrogen and oxygen atoms in total. The summed E-state index contributed by atoms with van der Waals surface area (Å²) in [5, 5.41) is 14.1. The van der Waals surface area contributed by atoms with Gasteiger partial charge in [0.05, 0.1) is 25.3 Å². The number of imidazole rings is 1. The molecule has 0 spiro atoms. The van der Waals surface area contributed by atoms with Crippen molar-refractivity contribution in [3.63, 3.8) is 0 Å². The van der Waals surface area contributed by atoms with E-state index in [0.717, 1.165) is 0 Å². The van der Waals surface area contributed by atoms with Gasteiger partial charge in [-0.2, -0.15) is 4.98 Å². The van der Waals surface area contributed by atoms with Gasteiger partial charge >= 0.3 is 12.1 Å². The molecule has 0 aliphatic carbocycles. The Labute approximate surface area is 216 Å². The van der Waals surface area contributed by atoms with Crippen LogP contribution in [0, 0.1) is 5.82 Å². The summed E-state index contributed by atoms with van der Waals surface area (Å²) in [4.78, 5) is 38.9. The monoisotopic (exact) mass is 526 g/mol. The van der Waals surface area contributed by atoms with Crippen molar-refractivity contribution in [3.8, 4) is 29.0 Å². The Balaban J connectivity index is 1.33. The highest BCUT2D eigenvalue weighted by atomic mass is 19.1. The van der Waals surface area contributed by atoms with E-state index in [4.69, 9.17) is 14.2 Å². The molecule has 14 heteroatoms. The number of anilines is 2. The number of carbonyl (C=O) groups is 2. The molecule has 1 N–H and O–H groups in total. The number of carbonyl (C=O) groups excluding carboxylic acids is 2. The van der Waals surface area contributed by atoms with E-state index in [2.05, 4.69) is 20.3 Å². The van der Waals surface area contributed by atoms with Crippen LogP contribution < -0.4 is 29.7 Å². The lowest BCUT2D eigenvalue weighted by Crippen LogP contribution is -2.35. The third-order valence-corrected chi connectivity index (χ3v) is 5.97. The third-order valence-electron chi connectivity index (χ3n) is 5.97. The summed E-state index contributed by atoms with van der Waals surface area (Å²) < 4.78 is 33.5. The van der Waals surface area contributed by atoms with Crippen molar-refractivity contribution >= 4 is 23.5 Å². The van der Waals surface area contributed by atoms with Gasteiger partial charge in [0.1, 0.15) is 24.3 Å². The van der Waals surface area contributed by atoms with Crippen LogP contribution in [0.5, 0.6) is 17.9 Å². The summed E-state index contributed by atoms with van der Waals surface area (Å²) in [5.74, 6) is -0.791. The minimum atomic E-state index is -0.618. The molecule has 0 unspecified atom stereocenters. The first-order valence-corrected chi connectivity index (χ1v) is 11.8. The number of rotatable bonds is 7. The molecule has 0 bridgehead atoms. The smallest absolute Gasteiger partial charge is 0.414 e. The van der Waals surface area contributed by atoms with Crippen molar-refractivity contribution in [2.75, 3.05) is 43.6 Å². The van der Waals surface area contributed by atoms with Gasteiger partial charge in [-0.25, -0.2) is 19.2 Å². The van der Waals surface area contributed by atoms with Gasteiger partial charge in [0, 0.05) is 50.4 Å². The van der Waals surface area contributed by atoms with Gasteiger partial charge < -0.3 is 29.5 Å². The average Bonchev–Trinajstić information content (AvgIpc) is 3.43. The number of fused-ring (bicyclic) bond motifs is 1. The average molecular weight is 527 g/mol. The molecule has 3 aromatic rings. The van der Waals surface area contributed by atoms with Crippen LogP contribution in [0.1, 0.15) is 6.92 Å². The van der Waals surface area contributed by atoms with Crippen LogP contribution >= 0.6 is 0 Å². The molecule has 38 heavy (non-hydrogen) atoms. The van der Waals surface area contributed by atoms with Crippen molar-refractivity contribution < 1.29 is 33.3 Å². The van der Waals surface area contributed by atoms with E-state index in [0.29, 0.717) is 23.6 Å². The Bertz CT molecular complexity index is 1380. The van der Waals surface area contributed by atoms with Crippen LogP contribution in [-0.2, 0) is 16.1 Å². The number of halogens is 1. The molecule has 1 saturated heterocycles. The molecule has 2 aliphatic heterocycles. The van der Waals surface area contributed by atoms with Crippen LogP contribution in [0.3, 0.4) is 0 Å². The fourth-order valence-corrected chi connectivity index (χ4v) is 4.21. The van der Waals surface area contributed by atoms with Crippen LogP contribution in [0.15, 0.2) is 30.6 Å². The SMILES string of the molecule is CC(=O)NC[C@H]1CN(c2ccc(-c3cnc(O[C@@H]4COc5nc([O-])cn5C4)nc3N(C)C)c(F)c2)C(=O)O1. The van der Waals surface area contributed by atoms with Crippen molar-refractivity contribution in [3.05, 3.63) is 36.4 Å². The number of nitrogens with one attached hydrogen (secondary N) is 1. The van der Waals surface area contributed by atoms with Crippen molar-refractivity contribution in [1.29, 1.82) is 0 Å². The minimum absolute atomic E-state index is 0.0685. The molecule has 200 valence electrons. The molecule has 0 saturated carbocycles. The third kappa shape index (κ3) is 5.10. The Morgan fingerprint density at radius 1 is 1.29 bits per heavy atom. The van der Waals surface area contributed by atoms with Gasteiger partial charge in [-0.05, 0) is 18.2 Å². The Kier molecular flexibility index (Phi) is 6.61. The molecule has 0 radical (unpaired) electrons. The maximum absolute atomic E-state index is 15.3. The molecule has 2 amide bonds. The quantitative estimate of drug-likeness (QED) is 0.471. The molecular weight excluding hydrogens is 501 g/mol. The Hall–Kier alpha value is -4.62. The van der Waals surface area contributed by atoms with E-state index in [-0.39, 0.29) is 43.2 Å². The summed E-state index contributed by atoms with van der Waals surface area (Å²) in [6.45, 7) is 2.23. The van der Waals surface area contributed by atoms with Gasteiger partial charge in [-0.15, -0.1) is 0 Å². The first-order valence-electron chi connectivity index (χ1n) is 11.8. The molecule has 1 aromatic carbocycles. The zero-order chi connectivity index (χ0) is 27.0. The van der Waals surface area contributed by atoms with Gasteiger partial charge in [0.15, 0.2) is 6.10 Å². The zero-order valence-corrected chi connectivity index (χ0v) is 20.9. The normalized spacial score (nSPS) is 18.4. The predicted molar refractivity (Wildman–Crippen MR) is 130 cm³/mol. The second kappa shape index (κ2) is 10.0. The number of amides is 2. The first kappa shape index (κ1) is 25.0.